The third-order valence-electron chi connectivity index (χ3n) is 5.58. The number of ether oxygens (including phenoxy) is 1. The van der Waals surface area contributed by atoms with Gasteiger partial charge in [-0.2, -0.15) is 0 Å². The summed E-state index contributed by atoms with van der Waals surface area (Å²) < 4.78 is 8.48. The zero-order chi connectivity index (χ0) is 24.5. The van der Waals surface area contributed by atoms with Gasteiger partial charge in [0.05, 0.1) is 29.4 Å². The van der Waals surface area contributed by atoms with E-state index in [4.69, 9.17) is 4.74 Å². The fourth-order valence-electron chi connectivity index (χ4n) is 3.84. The van der Waals surface area contributed by atoms with Gasteiger partial charge >= 0.3 is 5.69 Å². The monoisotopic (exact) mass is 487 g/mol. The van der Waals surface area contributed by atoms with Crippen molar-refractivity contribution < 1.29 is 9.53 Å². The van der Waals surface area contributed by atoms with E-state index >= 15 is 0 Å². The maximum Gasteiger partial charge on any atom is 0.332 e. The predicted molar refractivity (Wildman–Crippen MR) is 135 cm³/mol. The lowest BCUT2D eigenvalue weighted by atomic mass is 10.2. The zero-order valence-corrected chi connectivity index (χ0v) is 19.8. The number of fused-ring (bicyclic) bond motifs is 2. The molecule has 5 aromatic rings. The molecule has 1 amide bonds. The van der Waals surface area contributed by atoms with Gasteiger partial charge in [-0.05, 0) is 54.4 Å². The topological polar surface area (TPSA) is 108 Å². The zero-order valence-electron chi connectivity index (χ0n) is 19.0. The molecule has 2 aromatic carbocycles. The van der Waals surface area contributed by atoms with Crippen LogP contribution in [-0.4, -0.2) is 32.1 Å². The molecule has 0 saturated heterocycles. The van der Waals surface area contributed by atoms with E-state index in [2.05, 4.69) is 15.3 Å². The lowest BCUT2D eigenvalue weighted by molar-refractivity contribution is -0.116. The van der Waals surface area contributed by atoms with Crippen LogP contribution in [0.1, 0.15) is 11.1 Å². The van der Waals surface area contributed by atoms with Crippen molar-refractivity contribution in [2.24, 2.45) is 0 Å². The largest absolute Gasteiger partial charge is 0.497 e. The first kappa shape index (κ1) is 22.5. The van der Waals surface area contributed by atoms with Crippen molar-refractivity contribution in [1.82, 2.24) is 19.1 Å². The van der Waals surface area contributed by atoms with E-state index in [1.165, 1.54) is 22.1 Å². The number of pyridine rings is 1. The SMILES string of the molecule is COc1ccc(Cn2c(=O)c3ncccc3n(CC(=O)Nc3nc4ccc(C)cc4s3)c2=O)cc1. The van der Waals surface area contributed by atoms with Gasteiger partial charge in [-0.1, -0.05) is 29.5 Å². The Balaban J connectivity index is 1.50. The van der Waals surface area contributed by atoms with E-state index < -0.39 is 17.2 Å². The maximum absolute atomic E-state index is 13.4. The number of amides is 1. The number of anilines is 1. The number of carbonyl (C=O) groups excluding carboxylic acids is 1. The fraction of sp³-hybridized carbons (Fsp3) is 0.160. The smallest absolute Gasteiger partial charge is 0.332 e. The Morgan fingerprint density at radius 3 is 2.66 bits per heavy atom. The van der Waals surface area contributed by atoms with E-state index in [0.29, 0.717) is 16.4 Å². The lowest BCUT2D eigenvalue weighted by Crippen LogP contribution is -2.42. The van der Waals surface area contributed by atoms with Gasteiger partial charge in [-0.3, -0.25) is 18.7 Å². The molecule has 0 spiro atoms. The average Bonchev–Trinajstić information content (AvgIpc) is 3.26. The highest BCUT2D eigenvalue weighted by atomic mass is 32.1. The molecule has 0 saturated carbocycles. The van der Waals surface area contributed by atoms with Gasteiger partial charge < -0.3 is 10.1 Å². The summed E-state index contributed by atoms with van der Waals surface area (Å²) >= 11 is 1.36. The second kappa shape index (κ2) is 9.15. The second-order valence-electron chi connectivity index (χ2n) is 8.02. The van der Waals surface area contributed by atoms with Crippen LogP contribution >= 0.6 is 11.3 Å². The summed E-state index contributed by atoms with van der Waals surface area (Å²) in [5.74, 6) is 0.239. The van der Waals surface area contributed by atoms with Gasteiger partial charge in [0.25, 0.3) is 5.56 Å². The molecule has 0 aliphatic carbocycles. The summed E-state index contributed by atoms with van der Waals surface area (Å²) in [6.45, 7) is 1.73. The van der Waals surface area contributed by atoms with Crippen molar-refractivity contribution in [2.45, 2.75) is 20.0 Å². The van der Waals surface area contributed by atoms with Gasteiger partial charge in [0.2, 0.25) is 5.91 Å². The van der Waals surface area contributed by atoms with Gasteiger partial charge in [0.1, 0.15) is 12.3 Å². The molecule has 0 aliphatic heterocycles. The Morgan fingerprint density at radius 2 is 1.89 bits per heavy atom. The average molecular weight is 488 g/mol. The first-order valence-corrected chi connectivity index (χ1v) is 11.6. The van der Waals surface area contributed by atoms with Crippen LogP contribution in [0.15, 0.2) is 70.4 Å². The molecule has 9 nitrogen and oxygen atoms in total. The van der Waals surface area contributed by atoms with Gasteiger partial charge in [-0.15, -0.1) is 0 Å². The molecule has 176 valence electrons. The number of hydrogen-bond acceptors (Lipinski definition) is 7. The fourth-order valence-corrected chi connectivity index (χ4v) is 4.82. The number of nitrogens with zero attached hydrogens (tertiary/aromatic N) is 4. The normalized spacial score (nSPS) is 11.1. The molecule has 0 bridgehead atoms. The minimum atomic E-state index is -0.596. The molecule has 0 radical (unpaired) electrons. The molecule has 0 aliphatic rings. The Bertz CT molecular complexity index is 1690. The Morgan fingerprint density at radius 1 is 1.09 bits per heavy atom. The second-order valence-corrected chi connectivity index (χ2v) is 9.05. The molecule has 0 unspecified atom stereocenters. The minimum Gasteiger partial charge on any atom is -0.497 e. The molecule has 0 fully saturated rings. The number of hydrogen-bond donors (Lipinski definition) is 1. The highest BCUT2D eigenvalue weighted by Gasteiger charge is 2.17. The van der Waals surface area contributed by atoms with Crippen LogP contribution in [-0.2, 0) is 17.9 Å². The Hall–Kier alpha value is -4.31. The first-order valence-electron chi connectivity index (χ1n) is 10.8. The number of benzene rings is 2. The van der Waals surface area contributed by atoms with Crippen LogP contribution in [0.5, 0.6) is 5.75 Å². The lowest BCUT2D eigenvalue weighted by Gasteiger charge is -2.13. The molecule has 35 heavy (non-hydrogen) atoms. The summed E-state index contributed by atoms with van der Waals surface area (Å²) in [5, 5.41) is 3.22. The number of rotatable bonds is 6. The first-order chi connectivity index (χ1) is 16.9. The van der Waals surface area contributed by atoms with Crippen LogP contribution in [0, 0.1) is 6.92 Å². The predicted octanol–water partition coefficient (Wildman–Crippen LogP) is 3.17. The quantitative estimate of drug-likeness (QED) is 0.394. The van der Waals surface area contributed by atoms with Crippen molar-refractivity contribution in [1.29, 1.82) is 0 Å². The van der Waals surface area contributed by atoms with E-state index in [9.17, 15) is 14.4 Å². The summed E-state index contributed by atoms with van der Waals surface area (Å²) in [6, 6.07) is 16.2. The molecule has 10 heteroatoms. The maximum atomic E-state index is 13.4. The van der Waals surface area contributed by atoms with Crippen molar-refractivity contribution in [2.75, 3.05) is 12.4 Å². The number of carbonyl (C=O) groups is 1. The van der Waals surface area contributed by atoms with Gasteiger partial charge in [0, 0.05) is 6.20 Å². The molecular formula is C25H21N5O4S. The highest BCUT2D eigenvalue weighted by Crippen LogP contribution is 2.26. The van der Waals surface area contributed by atoms with Crippen molar-refractivity contribution in [3.63, 3.8) is 0 Å². The third-order valence-corrected chi connectivity index (χ3v) is 6.51. The molecular weight excluding hydrogens is 466 g/mol. The standard InChI is InChI=1S/C25H21N5O4S/c1-15-5-10-18-20(12-15)35-24(27-18)28-21(31)14-29-19-4-3-11-26-22(19)23(32)30(25(29)33)13-16-6-8-17(34-2)9-7-16/h3-12H,13-14H2,1-2H3,(H,27,28,31). The van der Waals surface area contributed by atoms with Crippen LogP contribution in [0.4, 0.5) is 5.13 Å². The van der Waals surface area contributed by atoms with E-state index in [1.54, 1.807) is 43.5 Å². The van der Waals surface area contributed by atoms with Crippen LogP contribution in [0.25, 0.3) is 21.3 Å². The van der Waals surface area contributed by atoms with E-state index in [1.807, 2.05) is 25.1 Å². The summed E-state index contributed by atoms with van der Waals surface area (Å²) in [6.07, 6.45) is 1.49. The van der Waals surface area contributed by atoms with E-state index in [-0.39, 0.29) is 18.6 Å². The summed E-state index contributed by atoms with van der Waals surface area (Å²) in [4.78, 5) is 48.0. The summed E-state index contributed by atoms with van der Waals surface area (Å²) in [5.41, 5.74) is 1.92. The van der Waals surface area contributed by atoms with E-state index in [0.717, 1.165) is 25.9 Å². The Kier molecular flexibility index (Phi) is 5.87. The summed E-state index contributed by atoms with van der Waals surface area (Å²) in [7, 11) is 1.56. The van der Waals surface area contributed by atoms with Crippen molar-refractivity contribution >= 4 is 43.6 Å². The number of aryl methyl sites for hydroxylation is 1. The van der Waals surface area contributed by atoms with Crippen LogP contribution < -0.4 is 21.3 Å². The molecule has 0 atom stereocenters. The number of nitrogens with one attached hydrogen (secondary N) is 1. The van der Waals surface area contributed by atoms with Crippen LogP contribution in [0.3, 0.4) is 0 Å². The number of thiazole rings is 1. The highest BCUT2D eigenvalue weighted by molar-refractivity contribution is 7.22. The van der Waals surface area contributed by atoms with Gasteiger partial charge in [-0.25, -0.2) is 14.8 Å². The number of aromatic nitrogens is 4. The molecule has 5 rings (SSSR count). The molecule has 3 aromatic heterocycles. The van der Waals surface area contributed by atoms with Crippen LogP contribution in [0.2, 0.25) is 0 Å². The molecule has 3 heterocycles. The Labute approximate surface area is 203 Å². The number of methoxy groups -OCH3 is 1. The molecule has 1 N–H and O–H groups in total. The van der Waals surface area contributed by atoms with Gasteiger partial charge in [0.15, 0.2) is 10.6 Å². The van der Waals surface area contributed by atoms with Crippen molar-refractivity contribution in [3.8, 4) is 5.75 Å². The third kappa shape index (κ3) is 4.43. The minimum absolute atomic E-state index is 0.0347. The van der Waals surface area contributed by atoms with Crippen molar-refractivity contribution in [3.05, 3.63) is 92.8 Å².